The van der Waals surface area contributed by atoms with Crippen LogP contribution in [0.25, 0.3) is 0 Å². The molecule has 7 nitrogen and oxygen atoms in total. The Bertz CT molecular complexity index is 588. The smallest absolute Gasteiger partial charge is 0.316 e. The summed E-state index contributed by atoms with van der Waals surface area (Å²) < 4.78 is 10.2. The van der Waals surface area contributed by atoms with Gasteiger partial charge in [-0.05, 0) is 18.1 Å². The van der Waals surface area contributed by atoms with E-state index in [9.17, 15) is 20.0 Å². The number of benzene rings is 1. The number of hydrogen-bond acceptors (Lipinski definition) is 6. The summed E-state index contributed by atoms with van der Waals surface area (Å²) >= 11 is 5.72. The summed E-state index contributed by atoms with van der Waals surface area (Å²) in [5.74, 6) is -2.76. The second-order valence-electron chi connectivity index (χ2n) is 5.18. The number of halogens is 1. The van der Waals surface area contributed by atoms with Crippen LogP contribution in [0.4, 0.5) is 5.69 Å². The van der Waals surface area contributed by atoms with Gasteiger partial charge in [-0.15, -0.1) is 0 Å². The molecule has 0 spiro atoms. The largest absolute Gasteiger partial charge is 0.433 e. The minimum Gasteiger partial charge on any atom is -0.433 e. The standard InChI is InChI=1S/C13H14ClNO6/c1-13(2)20-11(16)8(12(17)21-13)5-7-3-4-9(14)10(6-7)15(18)19/h3-4,6,8,11,16H,5H2,1-2H3. The average Bonchev–Trinajstić information content (AvgIpc) is 2.34. The molecule has 1 N–H and O–H groups in total. The van der Waals surface area contributed by atoms with Crippen LogP contribution in [0.5, 0.6) is 0 Å². The van der Waals surface area contributed by atoms with Crippen LogP contribution in [0.3, 0.4) is 0 Å². The molecule has 1 aliphatic heterocycles. The molecule has 21 heavy (non-hydrogen) atoms. The first kappa shape index (κ1) is 15.7. The molecule has 1 saturated heterocycles. The van der Waals surface area contributed by atoms with Crippen molar-refractivity contribution in [3.05, 3.63) is 38.9 Å². The molecule has 0 saturated carbocycles. The Morgan fingerprint density at radius 3 is 2.71 bits per heavy atom. The van der Waals surface area contributed by atoms with Gasteiger partial charge in [0.1, 0.15) is 10.9 Å². The van der Waals surface area contributed by atoms with Gasteiger partial charge in [0.05, 0.1) is 4.92 Å². The molecule has 0 aromatic heterocycles. The minimum atomic E-state index is -1.34. The molecule has 2 unspecified atom stereocenters. The van der Waals surface area contributed by atoms with Gasteiger partial charge in [0.15, 0.2) is 6.29 Å². The highest BCUT2D eigenvalue weighted by atomic mass is 35.5. The van der Waals surface area contributed by atoms with E-state index in [-0.39, 0.29) is 17.1 Å². The second kappa shape index (κ2) is 5.59. The maximum atomic E-state index is 11.9. The predicted molar refractivity (Wildman–Crippen MR) is 72.6 cm³/mol. The number of ether oxygens (including phenoxy) is 2. The number of carbonyl (C=O) groups is 1. The molecule has 2 rings (SSSR count). The summed E-state index contributed by atoms with van der Waals surface area (Å²) in [4.78, 5) is 22.1. The van der Waals surface area contributed by atoms with Crippen molar-refractivity contribution in [2.24, 2.45) is 5.92 Å². The minimum absolute atomic E-state index is 0.00732. The first-order chi connectivity index (χ1) is 9.69. The number of nitro groups is 1. The highest BCUT2D eigenvalue weighted by Crippen LogP contribution is 2.31. The van der Waals surface area contributed by atoms with Gasteiger partial charge in [-0.2, -0.15) is 0 Å². The maximum Gasteiger partial charge on any atom is 0.316 e. The second-order valence-corrected chi connectivity index (χ2v) is 5.59. The summed E-state index contributed by atoms with van der Waals surface area (Å²) in [6.45, 7) is 3.02. The van der Waals surface area contributed by atoms with Gasteiger partial charge >= 0.3 is 5.97 Å². The van der Waals surface area contributed by atoms with E-state index < -0.39 is 28.9 Å². The number of nitrogens with zero attached hydrogens (tertiary/aromatic N) is 1. The third-order valence-electron chi connectivity index (χ3n) is 3.06. The molecular formula is C13H14ClNO6. The summed E-state index contributed by atoms with van der Waals surface area (Å²) in [6, 6.07) is 4.19. The van der Waals surface area contributed by atoms with Gasteiger partial charge in [-0.3, -0.25) is 14.9 Å². The van der Waals surface area contributed by atoms with Crippen molar-refractivity contribution in [3.63, 3.8) is 0 Å². The topological polar surface area (TPSA) is 98.9 Å². The van der Waals surface area contributed by atoms with Crippen molar-refractivity contribution in [3.8, 4) is 0 Å². The SMILES string of the molecule is CC1(C)OC(=O)C(Cc2ccc(Cl)c([N+](=O)[O-])c2)C(O)O1. The number of aliphatic hydroxyl groups is 1. The molecule has 1 aromatic rings. The fourth-order valence-electron chi connectivity index (χ4n) is 2.09. The van der Waals surface area contributed by atoms with Crippen molar-refractivity contribution >= 4 is 23.3 Å². The Kier molecular flexibility index (Phi) is 4.18. The van der Waals surface area contributed by atoms with Crippen molar-refractivity contribution in [1.29, 1.82) is 0 Å². The van der Waals surface area contributed by atoms with Gasteiger partial charge in [-0.1, -0.05) is 17.7 Å². The normalized spacial score (nSPS) is 24.5. The summed E-state index contributed by atoms with van der Waals surface area (Å²) in [7, 11) is 0. The van der Waals surface area contributed by atoms with Gasteiger partial charge < -0.3 is 14.6 Å². The van der Waals surface area contributed by atoms with Crippen LogP contribution in [0, 0.1) is 16.0 Å². The van der Waals surface area contributed by atoms with E-state index in [4.69, 9.17) is 21.1 Å². The Labute approximate surface area is 125 Å². The van der Waals surface area contributed by atoms with Crippen LogP contribution in [-0.2, 0) is 20.7 Å². The molecule has 1 fully saturated rings. The zero-order valence-electron chi connectivity index (χ0n) is 11.4. The van der Waals surface area contributed by atoms with Crippen LogP contribution < -0.4 is 0 Å². The Morgan fingerprint density at radius 2 is 2.14 bits per heavy atom. The molecule has 0 aliphatic carbocycles. The van der Waals surface area contributed by atoms with E-state index in [2.05, 4.69) is 0 Å². The number of rotatable bonds is 3. The molecule has 1 aliphatic rings. The molecule has 0 bridgehead atoms. The molecular weight excluding hydrogens is 302 g/mol. The molecule has 2 atom stereocenters. The Hall–Kier alpha value is -1.70. The van der Waals surface area contributed by atoms with Crippen molar-refractivity contribution in [2.75, 3.05) is 0 Å². The quantitative estimate of drug-likeness (QED) is 0.520. The maximum absolute atomic E-state index is 11.9. The number of carbonyl (C=O) groups excluding carboxylic acids is 1. The molecule has 114 valence electrons. The van der Waals surface area contributed by atoms with Gasteiger partial charge in [0, 0.05) is 19.9 Å². The number of aliphatic hydroxyl groups excluding tert-OH is 1. The van der Waals surface area contributed by atoms with Gasteiger partial charge in [-0.25, -0.2) is 0 Å². The van der Waals surface area contributed by atoms with Crippen LogP contribution in [0.1, 0.15) is 19.4 Å². The van der Waals surface area contributed by atoms with Crippen LogP contribution >= 0.6 is 11.6 Å². The highest BCUT2D eigenvalue weighted by molar-refractivity contribution is 6.32. The zero-order chi connectivity index (χ0) is 15.8. The molecule has 1 aromatic carbocycles. The first-order valence-electron chi connectivity index (χ1n) is 6.21. The number of hydrogen-bond donors (Lipinski definition) is 1. The average molecular weight is 316 g/mol. The van der Waals surface area contributed by atoms with Crippen LogP contribution in [-0.4, -0.2) is 28.1 Å². The third-order valence-corrected chi connectivity index (χ3v) is 3.38. The molecule has 0 radical (unpaired) electrons. The van der Waals surface area contributed by atoms with E-state index in [1.54, 1.807) is 6.07 Å². The molecule has 0 amide bonds. The van der Waals surface area contributed by atoms with Crippen molar-refractivity contribution in [1.82, 2.24) is 0 Å². The Morgan fingerprint density at radius 1 is 1.48 bits per heavy atom. The zero-order valence-corrected chi connectivity index (χ0v) is 12.2. The van der Waals surface area contributed by atoms with Gasteiger partial charge in [0.25, 0.3) is 5.69 Å². The number of cyclic esters (lactones) is 1. The van der Waals surface area contributed by atoms with Crippen LogP contribution in [0.2, 0.25) is 5.02 Å². The van der Waals surface area contributed by atoms with E-state index >= 15 is 0 Å². The number of esters is 1. The van der Waals surface area contributed by atoms with E-state index in [0.29, 0.717) is 5.56 Å². The monoisotopic (exact) mass is 315 g/mol. The summed E-state index contributed by atoms with van der Waals surface area (Å²) in [5, 5.41) is 20.7. The van der Waals surface area contributed by atoms with E-state index in [1.165, 1.54) is 26.0 Å². The third kappa shape index (κ3) is 3.49. The van der Waals surface area contributed by atoms with E-state index in [1.807, 2.05) is 0 Å². The van der Waals surface area contributed by atoms with Gasteiger partial charge in [0.2, 0.25) is 5.79 Å². The lowest BCUT2D eigenvalue weighted by Crippen LogP contribution is -2.49. The van der Waals surface area contributed by atoms with Crippen molar-refractivity contribution in [2.45, 2.75) is 32.3 Å². The van der Waals surface area contributed by atoms with E-state index in [0.717, 1.165) is 0 Å². The lowest BCUT2D eigenvalue weighted by molar-refractivity contribution is -0.384. The molecule has 1 heterocycles. The van der Waals surface area contributed by atoms with Crippen LogP contribution in [0.15, 0.2) is 18.2 Å². The summed E-state index contributed by atoms with van der Waals surface area (Å²) in [5.41, 5.74) is 0.226. The number of nitro benzene ring substituents is 1. The lowest BCUT2D eigenvalue weighted by Gasteiger charge is -2.37. The first-order valence-corrected chi connectivity index (χ1v) is 6.59. The highest BCUT2D eigenvalue weighted by Gasteiger charge is 2.42. The lowest BCUT2D eigenvalue weighted by atomic mass is 9.97. The fraction of sp³-hybridized carbons (Fsp3) is 0.462. The predicted octanol–water partition coefficient (Wildman–Crippen LogP) is 2.03. The van der Waals surface area contributed by atoms with Crippen molar-refractivity contribution < 1.29 is 24.3 Å². The fourth-order valence-corrected chi connectivity index (χ4v) is 2.28. The summed E-state index contributed by atoms with van der Waals surface area (Å²) in [6.07, 6.45) is -1.29. The molecule has 8 heteroatoms. The Balaban J connectivity index is 2.20.